The Morgan fingerprint density at radius 2 is 1.83 bits per heavy atom. The molecular formula is C25H38FO9P. The molecule has 0 amide bonds. The van der Waals surface area contributed by atoms with Gasteiger partial charge in [-0.1, -0.05) is 27.7 Å². The molecule has 0 aromatic carbocycles. The summed E-state index contributed by atoms with van der Waals surface area (Å²) < 4.78 is 39.1. The lowest BCUT2D eigenvalue weighted by molar-refractivity contribution is -0.257. The minimum Gasteiger partial charge on any atom is -0.450 e. The summed E-state index contributed by atoms with van der Waals surface area (Å²) in [5.41, 5.74) is -5.88. The Bertz CT molecular complexity index is 998. The van der Waals surface area contributed by atoms with Crippen molar-refractivity contribution in [1.82, 2.24) is 0 Å². The first-order valence-corrected chi connectivity index (χ1v) is 14.4. The van der Waals surface area contributed by atoms with Crippen molar-refractivity contribution in [3.05, 3.63) is 0 Å². The average molecular weight is 533 g/mol. The van der Waals surface area contributed by atoms with E-state index in [-0.39, 0.29) is 31.0 Å². The number of aliphatic hydroxyl groups is 1. The number of hydrogen-bond donors (Lipinski definition) is 3. The quantitative estimate of drug-likeness (QED) is 0.346. The van der Waals surface area contributed by atoms with E-state index in [9.17, 15) is 33.8 Å². The van der Waals surface area contributed by atoms with Crippen LogP contribution < -0.4 is 0 Å². The number of phosphoric ester groups is 1. The second kappa shape index (κ2) is 8.94. The third-order valence-corrected chi connectivity index (χ3v) is 10.9. The zero-order valence-corrected chi connectivity index (χ0v) is 22.3. The number of alkyl halides is 1. The van der Waals surface area contributed by atoms with Crippen molar-refractivity contribution in [3.63, 3.8) is 0 Å². The molecule has 3 N–H and O–H groups in total. The van der Waals surface area contributed by atoms with Gasteiger partial charge >= 0.3 is 13.8 Å². The van der Waals surface area contributed by atoms with Gasteiger partial charge in [-0.2, -0.15) is 0 Å². The minimum absolute atomic E-state index is 0.0331. The van der Waals surface area contributed by atoms with E-state index >= 15 is 4.39 Å². The fourth-order valence-corrected chi connectivity index (χ4v) is 9.03. The van der Waals surface area contributed by atoms with Gasteiger partial charge in [0.15, 0.2) is 5.60 Å². The molecule has 9 atom stereocenters. The molecule has 0 spiro atoms. The van der Waals surface area contributed by atoms with Gasteiger partial charge in [-0.15, -0.1) is 0 Å². The highest BCUT2D eigenvalue weighted by atomic mass is 31.2. The van der Waals surface area contributed by atoms with Crippen LogP contribution in [0.15, 0.2) is 0 Å². The maximum Gasteiger partial charge on any atom is 0.470 e. The van der Waals surface area contributed by atoms with Gasteiger partial charge in [0.25, 0.3) is 0 Å². The normalized spacial score (nSPS) is 46.4. The summed E-state index contributed by atoms with van der Waals surface area (Å²) in [4.78, 5) is 56.8. The van der Waals surface area contributed by atoms with Crippen LogP contribution in [-0.2, 0) is 28.2 Å². The van der Waals surface area contributed by atoms with Crippen LogP contribution in [0, 0.1) is 34.5 Å². The SMILES string of the molecule is CCC(=O)O[C@@]1(C(=O)COP(=O)(O)O)[C@@H](C)C[C@H]2[C@@H]3CC[C@H]4CC(=O)CC[C@]4(C)[C@@]3(F)[C@@H](O)C[C@@]21C. The molecule has 0 aromatic heterocycles. The van der Waals surface area contributed by atoms with E-state index in [0.29, 0.717) is 32.1 Å². The maximum atomic E-state index is 17.4. The minimum atomic E-state index is -4.98. The molecule has 4 rings (SSSR count). The lowest BCUT2D eigenvalue weighted by atomic mass is 9.42. The van der Waals surface area contributed by atoms with E-state index in [2.05, 4.69) is 4.52 Å². The highest BCUT2D eigenvalue weighted by molar-refractivity contribution is 7.46. The predicted octanol–water partition coefficient (Wildman–Crippen LogP) is 3.28. The first-order valence-electron chi connectivity index (χ1n) is 12.9. The number of phosphoric acid groups is 1. The molecule has 11 heteroatoms. The number of halogens is 1. The van der Waals surface area contributed by atoms with Gasteiger partial charge in [0.05, 0.1) is 6.10 Å². The summed E-state index contributed by atoms with van der Waals surface area (Å²) in [5.74, 6) is -3.16. The van der Waals surface area contributed by atoms with Crippen LogP contribution in [0.2, 0.25) is 0 Å². The molecule has 204 valence electrons. The molecule has 9 nitrogen and oxygen atoms in total. The fourth-order valence-electron chi connectivity index (χ4n) is 8.74. The van der Waals surface area contributed by atoms with Crippen molar-refractivity contribution in [3.8, 4) is 0 Å². The Kier molecular flexibility index (Phi) is 6.91. The molecular weight excluding hydrogens is 494 g/mol. The smallest absolute Gasteiger partial charge is 0.450 e. The fraction of sp³-hybridized carbons (Fsp3) is 0.880. The van der Waals surface area contributed by atoms with Gasteiger partial charge in [-0.25, -0.2) is 8.96 Å². The van der Waals surface area contributed by atoms with E-state index in [1.54, 1.807) is 20.8 Å². The van der Waals surface area contributed by atoms with E-state index in [1.165, 1.54) is 0 Å². The summed E-state index contributed by atoms with van der Waals surface area (Å²) in [5, 5.41) is 11.5. The Labute approximate surface area is 210 Å². The zero-order chi connectivity index (χ0) is 26.9. The molecule has 4 saturated carbocycles. The van der Waals surface area contributed by atoms with Crippen molar-refractivity contribution in [1.29, 1.82) is 0 Å². The van der Waals surface area contributed by atoms with Gasteiger partial charge in [-0.3, -0.25) is 18.9 Å². The second-order valence-electron chi connectivity index (χ2n) is 11.9. The van der Waals surface area contributed by atoms with Crippen LogP contribution in [0.1, 0.15) is 79.1 Å². The number of hydrogen-bond acceptors (Lipinski definition) is 7. The van der Waals surface area contributed by atoms with Gasteiger partial charge in [-0.05, 0) is 49.9 Å². The van der Waals surface area contributed by atoms with Crippen LogP contribution in [0.25, 0.3) is 0 Å². The van der Waals surface area contributed by atoms with Crippen molar-refractivity contribution in [2.75, 3.05) is 6.61 Å². The van der Waals surface area contributed by atoms with Crippen LogP contribution >= 0.6 is 7.82 Å². The highest BCUT2D eigenvalue weighted by Crippen LogP contribution is 2.72. The highest BCUT2D eigenvalue weighted by Gasteiger charge is 2.77. The van der Waals surface area contributed by atoms with Crippen LogP contribution in [0.4, 0.5) is 4.39 Å². The molecule has 4 aliphatic carbocycles. The number of carbonyl (C=O) groups excluding carboxylic acids is 3. The maximum absolute atomic E-state index is 17.4. The number of ether oxygens (including phenoxy) is 1. The lowest BCUT2D eigenvalue weighted by Gasteiger charge is -2.65. The van der Waals surface area contributed by atoms with Crippen molar-refractivity contribution in [2.45, 2.75) is 96.4 Å². The Morgan fingerprint density at radius 3 is 2.44 bits per heavy atom. The number of rotatable bonds is 6. The molecule has 0 aliphatic heterocycles. The molecule has 4 aliphatic rings. The first kappa shape index (κ1) is 27.8. The summed E-state index contributed by atoms with van der Waals surface area (Å²) in [6.07, 6.45) is 0.664. The number of fused-ring (bicyclic) bond motifs is 5. The standard InChI is InChI=1S/C25H38FO9P/c1-5-21(30)35-25(20(29)13-34-36(31,32)33)14(2)10-18-17-7-6-15-11-16(27)8-9-22(15,3)24(17,26)19(28)12-23(18,25)4/h14-15,17-19,28H,5-13H2,1-4H3,(H2,31,32,33)/t14-,15-,17-,18-,19-,22-,23-,24-,25+/m0/s1. The molecule has 0 bridgehead atoms. The Morgan fingerprint density at radius 1 is 1.17 bits per heavy atom. The summed E-state index contributed by atoms with van der Waals surface area (Å²) in [7, 11) is -4.98. The number of aliphatic hydroxyl groups excluding tert-OH is 1. The van der Waals surface area contributed by atoms with Gasteiger partial charge in [0.1, 0.15) is 18.1 Å². The van der Waals surface area contributed by atoms with Crippen LogP contribution in [0.5, 0.6) is 0 Å². The third kappa shape index (κ3) is 3.77. The van der Waals surface area contributed by atoms with Gasteiger partial charge in [0.2, 0.25) is 5.78 Å². The van der Waals surface area contributed by atoms with Gasteiger partial charge < -0.3 is 19.6 Å². The van der Waals surface area contributed by atoms with Crippen LogP contribution in [0.3, 0.4) is 0 Å². The number of Topliss-reactive ketones (excluding diaryl/α,β-unsaturated/α-hetero) is 2. The second-order valence-corrected chi connectivity index (χ2v) is 13.2. The number of ketones is 2. The molecule has 0 aromatic rings. The summed E-state index contributed by atoms with van der Waals surface area (Å²) >= 11 is 0. The van der Waals surface area contributed by atoms with Crippen molar-refractivity contribution >= 4 is 25.4 Å². The first-order chi connectivity index (χ1) is 16.6. The van der Waals surface area contributed by atoms with Crippen molar-refractivity contribution < 1.29 is 47.5 Å². The van der Waals surface area contributed by atoms with E-state index in [1.807, 2.05) is 6.92 Å². The molecule has 4 fully saturated rings. The average Bonchev–Trinajstić information content (AvgIpc) is 3.00. The van der Waals surface area contributed by atoms with E-state index in [4.69, 9.17) is 4.74 Å². The molecule has 0 unspecified atom stereocenters. The molecule has 0 saturated heterocycles. The largest absolute Gasteiger partial charge is 0.470 e. The van der Waals surface area contributed by atoms with Crippen LogP contribution in [-0.4, -0.2) is 56.4 Å². The van der Waals surface area contributed by atoms with Crippen molar-refractivity contribution in [2.24, 2.45) is 34.5 Å². The molecule has 36 heavy (non-hydrogen) atoms. The third-order valence-electron chi connectivity index (χ3n) is 10.4. The predicted molar refractivity (Wildman–Crippen MR) is 125 cm³/mol. The summed E-state index contributed by atoms with van der Waals surface area (Å²) in [6.45, 7) is 5.88. The lowest BCUT2D eigenvalue weighted by Crippen LogP contribution is -2.71. The Hall–Kier alpha value is -1.19. The van der Waals surface area contributed by atoms with E-state index in [0.717, 1.165) is 0 Å². The Balaban J connectivity index is 1.79. The topological polar surface area (TPSA) is 147 Å². The van der Waals surface area contributed by atoms with E-state index < -0.39 is 72.1 Å². The molecule has 0 radical (unpaired) electrons. The monoisotopic (exact) mass is 532 g/mol. The van der Waals surface area contributed by atoms with Gasteiger partial charge in [0, 0.05) is 36.0 Å². The number of carbonyl (C=O) groups is 3. The molecule has 0 heterocycles. The number of esters is 1. The zero-order valence-electron chi connectivity index (χ0n) is 21.4. The summed E-state index contributed by atoms with van der Waals surface area (Å²) in [6, 6.07) is 0.